The van der Waals surface area contributed by atoms with Gasteiger partial charge in [-0.05, 0) is 227 Å². The van der Waals surface area contributed by atoms with Gasteiger partial charge in [0.1, 0.15) is 22.3 Å². The van der Waals surface area contributed by atoms with Gasteiger partial charge >= 0.3 is 20.1 Å². The molecular weight excluding hydrogens is 1710 g/mol. The second kappa shape index (κ2) is 33.5. The maximum Gasteiger partial charge on any atom is 3.00 e. The van der Waals surface area contributed by atoms with Crippen LogP contribution in [0.25, 0.3) is 172 Å². The smallest absolute Gasteiger partial charge is 0.456 e. The molecule has 0 N–H and O–H groups in total. The molecule has 125 heavy (non-hydrogen) atoms. The van der Waals surface area contributed by atoms with Gasteiger partial charge in [0.15, 0.2) is 0 Å². The van der Waals surface area contributed by atoms with E-state index in [1.165, 1.54) is 122 Å². The Bertz CT molecular complexity index is 7280. The Balaban J connectivity index is 0.000000203. The predicted molar refractivity (Wildman–Crippen MR) is 513 cm³/mol. The quantitative estimate of drug-likeness (QED) is 0.0954. The fourth-order valence-corrected chi connectivity index (χ4v) is 19.5. The molecule has 7 aromatic heterocycles. The normalized spacial score (nSPS) is 12.1. The maximum atomic E-state index is 6.77. The van der Waals surface area contributed by atoms with Crippen molar-refractivity contribution in [2.75, 3.05) is 0 Å². The Kier molecular flexibility index (Phi) is 21.6. The molecule has 0 amide bonds. The molecule has 0 fully saturated rings. The van der Waals surface area contributed by atoms with E-state index in [9.17, 15) is 0 Å². The van der Waals surface area contributed by atoms with Crippen LogP contribution in [0.4, 0.5) is 0 Å². The number of aryl methyl sites for hydroxylation is 9. The number of aromatic nitrogens is 8. The predicted octanol–water partition coefficient (Wildman–Crippen LogP) is 29.8. The Hall–Kier alpha value is -14.2. The number of nitrogens with zero attached hydrogens (tertiary/aromatic N) is 8. The van der Waals surface area contributed by atoms with E-state index in [-0.39, 0.29) is 26.0 Å². The summed E-state index contributed by atoms with van der Waals surface area (Å²) in [6, 6.07) is 115. The van der Waals surface area contributed by atoms with Crippen LogP contribution in [0.1, 0.15) is 99.7 Å². The van der Waals surface area contributed by atoms with E-state index in [1.54, 1.807) is 0 Å². The molecule has 0 aliphatic carbocycles. The largest absolute Gasteiger partial charge is 3.00 e. The van der Waals surface area contributed by atoms with Crippen molar-refractivity contribution < 1.29 is 28.9 Å². The van der Waals surface area contributed by atoms with E-state index in [4.69, 9.17) is 13.8 Å². The SMILES string of the molecule is CCC(CC(C)c1cc(-c2ccc3c(c2)oc2ccc(-n4c5ccccc5c5ccccc54)cc23)cc(-c2ccc3c(c2)oc2ccc(-n4c5ccccc5c5ccccc54)cc23)c1)c1c[c-]c(-c2nccn2-c2c(C)cc(C)cc2C)cc1.Cc1cc(C)c(-n2ccnc2-c2[c-]cccc2)c(C)c1.Cc1cc(C)c(-n2ccnc2-c2[c-]cccc2)c(C)c1.[Ir+3]. The van der Waals surface area contributed by atoms with Crippen LogP contribution in [0.3, 0.4) is 0 Å². The van der Waals surface area contributed by atoms with E-state index in [0.717, 1.165) is 125 Å². The summed E-state index contributed by atoms with van der Waals surface area (Å²) in [4.78, 5) is 13.9. The van der Waals surface area contributed by atoms with Crippen LogP contribution in [0.15, 0.2) is 337 Å². The summed E-state index contributed by atoms with van der Waals surface area (Å²) in [5, 5.41) is 9.36. The van der Waals surface area contributed by atoms with Crippen LogP contribution < -0.4 is 0 Å². The van der Waals surface area contributed by atoms with Crippen LogP contribution in [-0.4, -0.2) is 37.8 Å². The summed E-state index contributed by atoms with van der Waals surface area (Å²) >= 11 is 0. The summed E-state index contributed by atoms with van der Waals surface area (Å²) in [5.74, 6) is 3.30. The second-order valence-electron chi connectivity index (χ2n) is 33.5. The number of hydrogen-bond acceptors (Lipinski definition) is 5. The van der Waals surface area contributed by atoms with Crippen molar-refractivity contribution in [2.24, 2.45) is 0 Å². The van der Waals surface area contributed by atoms with Crippen molar-refractivity contribution >= 4 is 87.5 Å². The first-order valence-corrected chi connectivity index (χ1v) is 42.9. The molecule has 22 aromatic rings. The third-order valence-electron chi connectivity index (χ3n) is 24.9. The van der Waals surface area contributed by atoms with Crippen molar-refractivity contribution in [3.63, 3.8) is 0 Å². The maximum absolute atomic E-state index is 6.77. The molecule has 0 bridgehead atoms. The minimum atomic E-state index is 0. The molecule has 2 unspecified atom stereocenters. The van der Waals surface area contributed by atoms with E-state index in [0.29, 0.717) is 5.92 Å². The van der Waals surface area contributed by atoms with Gasteiger partial charge < -0.3 is 31.7 Å². The number of fused-ring (bicyclic) bond motifs is 12. The minimum Gasteiger partial charge on any atom is -0.456 e. The van der Waals surface area contributed by atoms with Crippen LogP contribution in [-0.2, 0) is 20.1 Å². The molecule has 11 heteroatoms. The molecule has 0 radical (unpaired) electrons. The van der Waals surface area contributed by atoms with Gasteiger partial charge in [-0.2, -0.15) is 0 Å². The van der Waals surface area contributed by atoms with Gasteiger partial charge in [-0.25, -0.2) is 0 Å². The molecule has 10 nitrogen and oxygen atoms in total. The molecule has 0 saturated heterocycles. The molecule has 7 heterocycles. The number of rotatable bonds is 15. The summed E-state index contributed by atoms with van der Waals surface area (Å²) in [7, 11) is 0. The molecule has 2 atom stereocenters. The average molecular weight is 1800 g/mol. The number of imidazole rings is 3. The minimum absolute atomic E-state index is 0. The molecule has 22 rings (SSSR count). The van der Waals surface area contributed by atoms with Crippen molar-refractivity contribution in [3.05, 3.63) is 408 Å². The zero-order valence-corrected chi connectivity index (χ0v) is 74.4. The second-order valence-corrected chi connectivity index (χ2v) is 33.5. The fraction of sp³-hybridized carbons (Fsp3) is 0.132. The third-order valence-corrected chi connectivity index (χ3v) is 24.9. The molecule has 610 valence electrons. The summed E-state index contributed by atoms with van der Waals surface area (Å²) < 4.78 is 24.8. The number of furan rings is 2. The van der Waals surface area contributed by atoms with Gasteiger partial charge in [0, 0.05) is 109 Å². The Morgan fingerprint density at radius 2 is 0.688 bits per heavy atom. The Morgan fingerprint density at radius 1 is 0.320 bits per heavy atom. The van der Waals surface area contributed by atoms with E-state index < -0.39 is 0 Å². The van der Waals surface area contributed by atoms with Crippen molar-refractivity contribution in [1.29, 1.82) is 0 Å². The first kappa shape index (κ1) is 80.5. The van der Waals surface area contributed by atoms with Crippen molar-refractivity contribution in [1.82, 2.24) is 37.8 Å². The van der Waals surface area contributed by atoms with Crippen molar-refractivity contribution in [2.45, 2.75) is 101 Å². The monoisotopic (exact) mass is 1800 g/mol. The molecule has 0 aliphatic heterocycles. The zero-order chi connectivity index (χ0) is 84.5. The van der Waals surface area contributed by atoms with Gasteiger partial charge in [-0.3, -0.25) is 15.0 Å². The number of para-hydroxylation sites is 4. The van der Waals surface area contributed by atoms with Crippen LogP contribution in [0.2, 0.25) is 0 Å². The summed E-state index contributed by atoms with van der Waals surface area (Å²) in [5.41, 5.74) is 35.5. The topological polar surface area (TPSA) is 89.6 Å². The van der Waals surface area contributed by atoms with Crippen LogP contribution >= 0.6 is 0 Å². The number of benzene rings is 15. The number of hydrogen-bond donors (Lipinski definition) is 0. The third kappa shape index (κ3) is 15.0. The summed E-state index contributed by atoms with van der Waals surface area (Å²) in [6.07, 6.45) is 13.6. The standard InChI is InChI=1S/C78H59N4O2.2C18H17N2.Ir/c1-6-51(52-23-25-53(26-24-52)78-79-35-36-80(78)77-49(4)37-47(2)38-50(77)5)39-48(3)56-40-57(54-27-31-65-67-45-59(29-33-73(67)83-75(65)43-54)81-69-19-11-7-15-61(69)62-16-8-12-20-70(62)81)42-58(41-56)55-28-32-66-68-46-60(30-34-74(68)84-76(66)44-55)82-71-21-13-9-17-63(71)64-18-10-14-22-72(64)82;2*1-13-11-14(2)17(15(3)12-13)20-10-9-19-18(20)16-7-5-4-6-8-16;/h7-25,27-38,40-46,48,51H,6,39H2,1-5H3;2*4-7,9-12H,1-3H3;/q3*-1;+3. The Labute approximate surface area is 742 Å². The zero-order valence-electron chi connectivity index (χ0n) is 72.0. The van der Waals surface area contributed by atoms with Crippen LogP contribution in [0, 0.1) is 80.5 Å². The molecular formula is C114H93IrN8O2. The van der Waals surface area contributed by atoms with Crippen molar-refractivity contribution in [3.8, 4) is 84.9 Å². The average Bonchev–Trinajstić information content (AvgIpc) is 1.60. The van der Waals surface area contributed by atoms with Gasteiger partial charge in [0.05, 0.1) is 39.5 Å². The van der Waals surface area contributed by atoms with Gasteiger partial charge in [0.2, 0.25) is 0 Å². The van der Waals surface area contributed by atoms with Gasteiger partial charge in [0.25, 0.3) is 0 Å². The first-order valence-electron chi connectivity index (χ1n) is 42.9. The molecule has 0 spiro atoms. The molecule has 15 aromatic carbocycles. The molecule has 0 aliphatic rings. The summed E-state index contributed by atoms with van der Waals surface area (Å²) in [6.45, 7) is 24.1. The van der Waals surface area contributed by atoms with E-state index >= 15 is 0 Å². The fourth-order valence-electron chi connectivity index (χ4n) is 19.5. The molecule has 0 saturated carbocycles. The van der Waals surface area contributed by atoms with Crippen LogP contribution in [0.5, 0.6) is 0 Å². The van der Waals surface area contributed by atoms with E-state index in [1.807, 2.05) is 79.5 Å². The Morgan fingerprint density at radius 3 is 1.04 bits per heavy atom. The van der Waals surface area contributed by atoms with Gasteiger partial charge in [-0.15, -0.1) is 107 Å². The van der Waals surface area contributed by atoms with Gasteiger partial charge in [-0.1, -0.05) is 176 Å². The first-order chi connectivity index (χ1) is 60.5. The van der Waals surface area contributed by atoms with E-state index in [2.05, 4.69) is 376 Å².